The minimum atomic E-state index is -0.832. The molecule has 90 valence electrons. The highest BCUT2D eigenvalue weighted by Gasteiger charge is 2.09. The first-order valence-electron chi connectivity index (χ1n) is 5.05. The Morgan fingerprint density at radius 3 is 2.94 bits per heavy atom. The van der Waals surface area contributed by atoms with Crippen LogP contribution in [0.2, 0.25) is 0 Å². The summed E-state index contributed by atoms with van der Waals surface area (Å²) in [4.78, 5) is 10.5. The van der Waals surface area contributed by atoms with Crippen molar-refractivity contribution in [1.29, 1.82) is 5.26 Å². The van der Waals surface area contributed by atoms with E-state index >= 15 is 0 Å². The molecule has 0 aliphatic carbocycles. The van der Waals surface area contributed by atoms with Crippen molar-refractivity contribution in [1.82, 2.24) is 0 Å². The van der Waals surface area contributed by atoms with Gasteiger partial charge in [0.15, 0.2) is 0 Å². The molecular weight excluding hydrogens is 241 g/mol. The molecule has 17 heavy (non-hydrogen) atoms. The van der Waals surface area contributed by atoms with E-state index in [1.54, 1.807) is 12.1 Å². The zero-order valence-corrected chi connectivity index (χ0v) is 10.1. The van der Waals surface area contributed by atoms with Gasteiger partial charge in [-0.25, -0.2) is 4.39 Å². The molecule has 0 fully saturated rings. The van der Waals surface area contributed by atoms with Crippen molar-refractivity contribution in [2.75, 3.05) is 0 Å². The molecule has 1 aromatic carbocycles. The van der Waals surface area contributed by atoms with Crippen LogP contribution in [-0.4, -0.2) is 16.3 Å². The van der Waals surface area contributed by atoms with E-state index in [1.165, 1.54) is 23.9 Å². The Bertz CT molecular complexity index is 456. The van der Waals surface area contributed by atoms with Crippen LogP contribution in [0.4, 0.5) is 4.39 Å². The van der Waals surface area contributed by atoms with Gasteiger partial charge in [0.25, 0.3) is 0 Å². The average Bonchev–Trinajstić information content (AvgIpc) is 2.27. The van der Waals surface area contributed by atoms with Gasteiger partial charge in [0.2, 0.25) is 0 Å². The number of carbonyl (C=O) groups is 1. The summed E-state index contributed by atoms with van der Waals surface area (Å²) < 4.78 is 13.0. The summed E-state index contributed by atoms with van der Waals surface area (Å²) >= 11 is 1.47. The summed E-state index contributed by atoms with van der Waals surface area (Å²) in [5.74, 6) is -0.787. The lowest BCUT2D eigenvalue weighted by Crippen LogP contribution is -2.05. The van der Waals surface area contributed by atoms with Gasteiger partial charge in [0, 0.05) is 11.0 Å². The van der Waals surface area contributed by atoms with Gasteiger partial charge in [0.05, 0.1) is 12.0 Å². The predicted octanol–water partition coefficient (Wildman–Crippen LogP) is 2.79. The number of hydrogen-bond acceptors (Lipinski definition) is 3. The van der Waals surface area contributed by atoms with Gasteiger partial charge in [-0.3, -0.25) is 4.79 Å². The molecule has 5 heteroatoms. The van der Waals surface area contributed by atoms with Gasteiger partial charge in [-0.1, -0.05) is 13.0 Å². The third-order valence-electron chi connectivity index (χ3n) is 2.15. The molecule has 0 aliphatic rings. The standard InChI is InChI=1S/C12H12FNO2S/c1-8(4-12(15)16)17-7-9-2-3-11(13)10(5-9)6-14/h2-3,5,8H,4,7H2,1H3,(H,15,16). The van der Waals surface area contributed by atoms with Crippen LogP contribution in [0.1, 0.15) is 24.5 Å². The molecule has 0 spiro atoms. The third kappa shape index (κ3) is 4.45. The van der Waals surface area contributed by atoms with Gasteiger partial charge < -0.3 is 5.11 Å². The van der Waals surface area contributed by atoms with E-state index in [9.17, 15) is 9.18 Å². The average molecular weight is 253 g/mol. The number of carboxylic acids is 1. The van der Waals surface area contributed by atoms with Gasteiger partial charge in [-0.2, -0.15) is 17.0 Å². The Morgan fingerprint density at radius 2 is 2.35 bits per heavy atom. The lowest BCUT2D eigenvalue weighted by molar-refractivity contribution is -0.136. The van der Waals surface area contributed by atoms with E-state index in [2.05, 4.69) is 0 Å². The normalized spacial score (nSPS) is 11.8. The quantitative estimate of drug-likeness (QED) is 0.876. The molecule has 0 aromatic heterocycles. The highest BCUT2D eigenvalue weighted by atomic mass is 32.2. The first-order valence-corrected chi connectivity index (χ1v) is 6.09. The molecular formula is C12H12FNO2S. The number of thioether (sulfide) groups is 1. The minimum absolute atomic E-state index is 0.0110. The zero-order chi connectivity index (χ0) is 12.8. The first-order chi connectivity index (χ1) is 8.02. The summed E-state index contributed by atoms with van der Waals surface area (Å²) in [6.45, 7) is 1.83. The Hall–Kier alpha value is -1.54. The molecule has 1 atom stereocenters. The summed E-state index contributed by atoms with van der Waals surface area (Å²) in [5, 5.41) is 17.2. The van der Waals surface area contributed by atoms with Gasteiger partial charge in [-0.15, -0.1) is 0 Å². The lowest BCUT2D eigenvalue weighted by Gasteiger charge is -2.08. The van der Waals surface area contributed by atoms with Crippen molar-refractivity contribution in [2.24, 2.45) is 0 Å². The molecule has 3 nitrogen and oxygen atoms in total. The summed E-state index contributed by atoms with van der Waals surface area (Å²) in [6.07, 6.45) is 0.0942. The number of carboxylic acid groups (broad SMARTS) is 1. The summed E-state index contributed by atoms with van der Waals surface area (Å²) in [6, 6.07) is 6.14. The van der Waals surface area contributed by atoms with Crippen LogP contribution in [0.15, 0.2) is 18.2 Å². The Balaban J connectivity index is 2.58. The second-order valence-electron chi connectivity index (χ2n) is 3.65. The fourth-order valence-corrected chi connectivity index (χ4v) is 2.21. The van der Waals surface area contributed by atoms with E-state index in [-0.39, 0.29) is 17.2 Å². The third-order valence-corrected chi connectivity index (χ3v) is 3.38. The Labute approximate surface area is 103 Å². The molecule has 1 N–H and O–H groups in total. The van der Waals surface area contributed by atoms with Crippen LogP contribution in [0.5, 0.6) is 0 Å². The van der Waals surface area contributed by atoms with Crippen LogP contribution in [0.25, 0.3) is 0 Å². The van der Waals surface area contributed by atoms with Crippen molar-refractivity contribution >= 4 is 17.7 Å². The number of nitriles is 1. The summed E-state index contributed by atoms with van der Waals surface area (Å²) in [7, 11) is 0. The second kappa shape index (κ2) is 6.26. The molecule has 0 heterocycles. The van der Waals surface area contributed by atoms with Crippen molar-refractivity contribution in [3.05, 3.63) is 35.1 Å². The van der Waals surface area contributed by atoms with Crippen LogP contribution in [0, 0.1) is 17.1 Å². The van der Waals surface area contributed by atoms with Crippen molar-refractivity contribution < 1.29 is 14.3 Å². The number of rotatable bonds is 5. The molecule has 0 amide bonds. The highest BCUT2D eigenvalue weighted by Crippen LogP contribution is 2.21. The van der Waals surface area contributed by atoms with Crippen molar-refractivity contribution in [3.63, 3.8) is 0 Å². The predicted molar refractivity (Wildman–Crippen MR) is 64.1 cm³/mol. The second-order valence-corrected chi connectivity index (χ2v) is 5.07. The molecule has 0 aliphatic heterocycles. The molecule has 0 radical (unpaired) electrons. The van der Waals surface area contributed by atoms with Crippen molar-refractivity contribution in [2.45, 2.75) is 24.3 Å². The zero-order valence-electron chi connectivity index (χ0n) is 9.31. The fourth-order valence-electron chi connectivity index (χ4n) is 1.29. The Kier molecular flexibility index (Phi) is 4.98. The van der Waals surface area contributed by atoms with Gasteiger partial charge >= 0.3 is 5.97 Å². The van der Waals surface area contributed by atoms with E-state index in [0.29, 0.717) is 5.75 Å². The largest absolute Gasteiger partial charge is 0.481 e. The molecule has 0 bridgehead atoms. The van der Waals surface area contributed by atoms with Crippen LogP contribution < -0.4 is 0 Å². The monoisotopic (exact) mass is 253 g/mol. The summed E-state index contributed by atoms with van der Waals surface area (Å²) in [5.41, 5.74) is 0.846. The molecule has 1 rings (SSSR count). The minimum Gasteiger partial charge on any atom is -0.481 e. The molecule has 1 unspecified atom stereocenters. The van der Waals surface area contributed by atoms with Gasteiger partial charge in [-0.05, 0) is 17.7 Å². The smallest absolute Gasteiger partial charge is 0.304 e. The highest BCUT2D eigenvalue weighted by molar-refractivity contribution is 7.99. The first kappa shape index (κ1) is 13.5. The lowest BCUT2D eigenvalue weighted by atomic mass is 10.1. The van der Waals surface area contributed by atoms with E-state index in [0.717, 1.165) is 5.56 Å². The van der Waals surface area contributed by atoms with E-state index < -0.39 is 11.8 Å². The van der Waals surface area contributed by atoms with E-state index in [4.69, 9.17) is 10.4 Å². The molecule has 1 aromatic rings. The Morgan fingerprint density at radius 1 is 1.65 bits per heavy atom. The molecule has 0 saturated heterocycles. The molecule has 0 saturated carbocycles. The van der Waals surface area contributed by atoms with E-state index in [1.807, 2.05) is 6.92 Å². The SMILES string of the molecule is CC(CC(=O)O)SCc1ccc(F)c(C#N)c1. The topological polar surface area (TPSA) is 61.1 Å². The van der Waals surface area contributed by atoms with Crippen molar-refractivity contribution in [3.8, 4) is 6.07 Å². The maximum absolute atomic E-state index is 13.0. The van der Waals surface area contributed by atoms with Gasteiger partial charge in [0.1, 0.15) is 11.9 Å². The maximum Gasteiger partial charge on any atom is 0.304 e. The number of aliphatic carboxylic acids is 1. The fraction of sp³-hybridized carbons (Fsp3) is 0.333. The number of hydrogen-bond donors (Lipinski definition) is 1. The number of halogens is 1. The number of benzene rings is 1. The van der Waals surface area contributed by atoms with Crippen LogP contribution in [-0.2, 0) is 10.5 Å². The number of nitrogens with zero attached hydrogens (tertiary/aromatic N) is 1. The maximum atomic E-state index is 13.0. The van der Waals surface area contributed by atoms with Crippen LogP contribution in [0.3, 0.4) is 0 Å². The van der Waals surface area contributed by atoms with Crippen LogP contribution >= 0.6 is 11.8 Å².